The molecule has 6 nitrogen and oxygen atoms in total. The number of nitrogens with one attached hydrogen (secondary N) is 1. The van der Waals surface area contributed by atoms with Gasteiger partial charge in [-0.15, -0.1) is 0 Å². The maximum atomic E-state index is 11.6. The van der Waals surface area contributed by atoms with Gasteiger partial charge >= 0.3 is 0 Å². The molecule has 0 aliphatic rings. The number of thiocarbonyl (C=S) groups is 1. The molecule has 90 valence electrons. The normalized spacial score (nSPS) is 11.8. The summed E-state index contributed by atoms with van der Waals surface area (Å²) in [5.41, 5.74) is -0.338. The van der Waals surface area contributed by atoms with Crippen LogP contribution in [0, 0.1) is 14.9 Å². The summed E-state index contributed by atoms with van der Waals surface area (Å²) in [5, 5.41) is 18.4. The van der Waals surface area contributed by atoms with Crippen molar-refractivity contribution in [1.29, 1.82) is 4.78 Å². The fourth-order valence-electron chi connectivity index (χ4n) is 0.972. The average Bonchev–Trinajstić information content (AvgIpc) is 2.26. The van der Waals surface area contributed by atoms with Gasteiger partial charge in [-0.05, 0) is 18.3 Å². The summed E-state index contributed by atoms with van der Waals surface area (Å²) in [5.74, 6) is 0. The second-order valence-corrected chi connectivity index (χ2v) is 5.20. The van der Waals surface area contributed by atoms with Gasteiger partial charge in [-0.3, -0.25) is 19.7 Å². The predicted octanol–water partition coefficient (Wildman–Crippen LogP) is 2.61. The molecule has 0 heterocycles. The predicted molar refractivity (Wildman–Crippen MR) is 67.7 cm³/mol. The number of hydrogen-bond donors (Lipinski definition) is 2. The van der Waals surface area contributed by atoms with Crippen molar-refractivity contribution in [2.24, 2.45) is 0 Å². The molecule has 0 bridgehead atoms. The zero-order valence-corrected chi connectivity index (χ0v) is 10.4. The molecular formula is C8H5ClN2O4S2. The largest absolute Gasteiger partial charge is 0.493 e. The highest BCUT2D eigenvalue weighted by Gasteiger charge is 2.19. The Morgan fingerprint density at radius 3 is 2.59 bits per heavy atom. The molecule has 17 heavy (non-hydrogen) atoms. The number of aliphatic hydroxyl groups excluding tert-OH is 1. The van der Waals surface area contributed by atoms with Crippen molar-refractivity contribution >= 4 is 49.7 Å². The van der Waals surface area contributed by atoms with Gasteiger partial charge in [0.15, 0.2) is 0 Å². The summed E-state index contributed by atoms with van der Waals surface area (Å²) in [6.07, 6.45) is 0. The molecule has 0 radical (unpaired) electrons. The van der Waals surface area contributed by atoms with Crippen LogP contribution in [0.4, 0.5) is 5.69 Å². The second-order valence-electron chi connectivity index (χ2n) is 2.78. The summed E-state index contributed by atoms with van der Waals surface area (Å²) in [4.78, 5) is 21.4. The van der Waals surface area contributed by atoms with Crippen molar-refractivity contribution in [1.82, 2.24) is 0 Å². The summed E-state index contributed by atoms with van der Waals surface area (Å²) < 4.78 is 6.55. The number of nitro groups is 1. The zero-order chi connectivity index (χ0) is 13.2. The Bertz CT molecular complexity index is 546. The Morgan fingerprint density at radius 1 is 1.59 bits per heavy atom. The molecule has 0 saturated heterocycles. The standard InChI is InChI=1S/C8H5ClN2O4S2/c9-6-3-4(11(14)15)1-2-5(6)7(12)17(10)8(13)16/h1-3,10H,(H,13,16). The Morgan fingerprint density at radius 2 is 2.18 bits per heavy atom. The van der Waals surface area contributed by atoms with E-state index in [4.69, 9.17) is 21.5 Å². The molecular weight excluding hydrogens is 288 g/mol. The highest BCUT2D eigenvalue weighted by atomic mass is 35.5. The van der Waals surface area contributed by atoms with E-state index in [-0.39, 0.29) is 16.3 Å². The lowest BCUT2D eigenvalue weighted by molar-refractivity contribution is -0.384. The number of carbonyl (C=O) groups excluding carboxylic acids is 1. The topological polar surface area (TPSA) is 104 Å². The lowest BCUT2D eigenvalue weighted by Gasteiger charge is -2.03. The monoisotopic (exact) mass is 292 g/mol. The maximum absolute atomic E-state index is 11.6. The highest BCUT2D eigenvalue weighted by molar-refractivity contribution is 8.22. The first kappa shape index (κ1) is 13.7. The number of carbonyl (C=O) groups is 1. The van der Waals surface area contributed by atoms with Crippen molar-refractivity contribution in [3.63, 3.8) is 0 Å². The molecule has 1 aromatic rings. The van der Waals surface area contributed by atoms with Crippen LogP contribution in [0.25, 0.3) is 0 Å². The fraction of sp³-hybridized carbons (Fsp3) is 0. The first-order chi connectivity index (χ1) is 7.84. The number of non-ortho nitro benzene ring substituents is 1. The van der Waals surface area contributed by atoms with Crippen LogP contribution in [0.2, 0.25) is 5.02 Å². The van der Waals surface area contributed by atoms with Crippen LogP contribution < -0.4 is 0 Å². The van der Waals surface area contributed by atoms with Crippen molar-refractivity contribution in [2.45, 2.75) is 0 Å². The molecule has 0 amide bonds. The summed E-state index contributed by atoms with van der Waals surface area (Å²) in [6.45, 7) is 0. The summed E-state index contributed by atoms with van der Waals surface area (Å²) >= 11 is 10.0. The van der Waals surface area contributed by atoms with Crippen molar-refractivity contribution in [3.05, 3.63) is 38.9 Å². The van der Waals surface area contributed by atoms with Gasteiger partial charge in [0.2, 0.25) is 9.50 Å². The van der Waals surface area contributed by atoms with Crippen LogP contribution in [0.3, 0.4) is 0 Å². The molecule has 2 N–H and O–H groups in total. The molecule has 9 heteroatoms. The molecule has 0 saturated carbocycles. The van der Waals surface area contributed by atoms with E-state index >= 15 is 0 Å². The number of nitrogens with zero attached hydrogens (tertiary/aromatic N) is 1. The number of nitro benzene ring substituents is 1. The third-order valence-electron chi connectivity index (χ3n) is 1.74. The van der Waals surface area contributed by atoms with Gasteiger partial charge in [0.25, 0.3) is 5.69 Å². The van der Waals surface area contributed by atoms with Gasteiger partial charge in [0.05, 0.1) is 9.95 Å². The second kappa shape index (κ2) is 5.30. The van der Waals surface area contributed by atoms with Crippen LogP contribution >= 0.6 is 23.8 Å². The smallest absolute Gasteiger partial charge is 0.270 e. The van der Waals surface area contributed by atoms with Gasteiger partial charge in [-0.2, -0.15) is 0 Å². The van der Waals surface area contributed by atoms with Crippen LogP contribution in [0.1, 0.15) is 10.4 Å². The Hall–Kier alpha value is -1.38. The minimum atomic E-state index is -1.90. The molecule has 0 aromatic heterocycles. The number of benzene rings is 1. The van der Waals surface area contributed by atoms with E-state index in [2.05, 4.69) is 12.2 Å². The molecule has 1 aromatic carbocycles. The Kier molecular flexibility index (Phi) is 4.27. The van der Waals surface area contributed by atoms with Gasteiger partial charge < -0.3 is 5.11 Å². The van der Waals surface area contributed by atoms with E-state index in [0.29, 0.717) is 0 Å². The molecule has 0 fully saturated rings. The summed E-state index contributed by atoms with van der Waals surface area (Å²) in [6, 6.07) is 3.23. The third kappa shape index (κ3) is 3.05. The highest BCUT2D eigenvalue weighted by Crippen LogP contribution is 2.23. The molecule has 0 aliphatic heterocycles. The van der Waals surface area contributed by atoms with Gasteiger partial charge in [0, 0.05) is 28.4 Å². The number of halogens is 1. The third-order valence-corrected chi connectivity index (χ3v) is 3.50. The van der Waals surface area contributed by atoms with E-state index in [1.54, 1.807) is 0 Å². The Labute approximate surface area is 108 Å². The van der Waals surface area contributed by atoms with Gasteiger partial charge in [-0.25, -0.2) is 0 Å². The van der Waals surface area contributed by atoms with Gasteiger partial charge in [0.1, 0.15) is 0 Å². The molecule has 0 spiro atoms. The lowest BCUT2D eigenvalue weighted by atomic mass is 10.2. The van der Waals surface area contributed by atoms with E-state index in [0.717, 1.165) is 18.2 Å². The minimum Gasteiger partial charge on any atom is -0.493 e. The number of aliphatic hydroxyl groups is 1. The first-order valence-electron chi connectivity index (χ1n) is 4.01. The quantitative estimate of drug-likeness (QED) is 0.495. The van der Waals surface area contributed by atoms with Crippen LogP contribution in [-0.2, 0) is 10.7 Å². The van der Waals surface area contributed by atoms with E-state index < -0.39 is 25.1 Å². The van der Waals surface area contributed by atoms with Crippen LogP contribution in [0.15, 0.2) is 18.2 Å². The molecule has 1 atom stereocenters. The fourth-order valence-corrected chi connectivity index (χ4v) is 2.07. The van der Waals surface area contributed by atoms with Crippen molar-refractivity contribution in [2.75, 3.05) is 0 Å². The SMILES string of the molecule is N=S(C(=O)c1ccc([N+](=O)[O-])cc1Cl)C(O)=S. The average molecular weight is 293 g/mol. The van der Waals surface area contributed by atoms with Gasteiger partial charge in [-0.1, -0.05) is 11.6 Å². The maximum Gasteiger partial charge on any atom is 0.270 e. The van der Waals surface area contributed by atoms with E-state index in [9.17, 15) is 14.9 Å². The summed E-state index contributed by atoms with van der Waals surface area (Å²) in [7, 11) is -1.90. The minimum absolute atomic E-state index is 0.0769. The zero-order valence-electron chi connectivity index (χ0n) is 8.05. The molecule has 1 rings (SSSR count). The van der Waals surface area contributed by atoms with Crippen LogP contribution in [-0.4, -0.2) is 19.5 Å². The van der Waals surface area contributed by atoms with Crippen LogP contribution in [0.5, 0.6) is 0 Å². The van der Waals surface area contributed by atoms with Crippen molar-refractivity contribution < 1.29 is 14.8 Å². The number of rotatable bonds is 2. The van der Waals surface area contributed by atoms with E-state index in [1.807, 2.05) is 0 Å². The molecule has 1 unspecified atom stereocenters. The van der Waals surface area contributed by atoms with Crippen molar-refractivity contribution in [3.8, 4) is 0 Å². The Balaban J connectivity index is 3.17. The number of hydrogen-bond acceptors (Lipinski definition) is 5. The lowest BCUT2D eigenvalue weighted by Crippen LogP contribution is -2.14. The molecule has 0 aliphatic carbocycles. The van der Waals surface area contributed by atoms with E-state index in [1.165, 1.54) is 0 Å². The first-order valence-corrected chi connectivity index (χ1v) is 6.02.